The zero-order valence-electron chi connectivity index (χ0n) is 9.56. The van der Waals surface area contributed by atoms with E-state index in [1.165, 1.54) is 12.1 Å². The summed E-state index contributed by atoms with van der Waals surface area (Å²) in [6.07, 6.45) is 0. The lowest BCUT2D eigenvalue weighted by Gasteiger charge is -2.07. The Hall–Kier alpha value is -1.84. The van der Waals surface area contributed by atoms with E-state index in [2.05, 4.69) is 0 Å². The van der Waals surface area contributed by atoms with Gasteiger partial charge >= 0.3 is 5.97 Å². The van der Waals surface area contributed by atoms with Crippen molar-refractivity contribution in [2.45, 2.75) is 0 Å². The number of carboxylic acid groups (broad SMARTS) is 1. The molecule has 3 nitrogen and oxygen atoms in total. The fourth-order valence-corrected chi connectivity index (χ4v) is 1.98. The van der Waals surface area contributed by atoms with Crippen LogP contribution in [-0.4, -0.2) is 16.9 Å². The van der Waals surface area contributed by atoms with E-state index >= 15 is 0 Å². The van der Waals surface area contributed by atoms with Crippen LogP contribution in [0.5, 0.6) is 0 Å². The Kier molecular flexibility index (Phi) is 3.88. The Morgan fingerprint density at radius 1 is 0.895 bits per heavy atom. The van der Waals surface area contributed by atoms with Crippen LogP contribution < -0.4 is 0 Å². The second-order valence-corrected chi connectivity index (χ2v) is 4.63. The van der Waals surface area contributed by atoms with Crippen molar-refractivity contribution in [3.8, 4) is 0 Å². The molecule has 0 bridgehead atoms. The van der Waals surface area contributed by atoms with E-state index in [0.29, 0.717) is 5.56 Å². The minimum atomic E-state index is -1.22. The molecule has 0 amide bonds. The Morgan fingerprint density at radius 3 is 1.95 bits per heavy atom. The maximum absolute atomic E-state index is 12.3. The van der Waals surface area contributed by atoms with Crippen LogP contribution >= 0.6 is 23.2 Å². The molecule has 0 aromatic heterocycles. The molecule has 0 atom stereocenters. The second kappa shape index (κ2) is 5.43. The van der Waals surface area contributed by atoms with Gasteiger partial charge in [0.05, 0.1) is 15.6 Å². The summed E-state index contributed by atoms with van der Waals surface area (Å²) in [6.45, 7) is 0. The van der Waals surface area contributed by atoms with Crippen molar-refractivity contribution in [1.82, 2.24) is 0 Å². The number of carboxylic acids is 1. The number of hydrogen-bond acceptors (Lipinski definition) is 2. The van der Waals surface area contributed by atoms with Gasteiger partial charge in [0.25, 0.3) is 0 Å². The summed E-state index contributed by atoms with van der Waals surface area (Å²) < 4.78 is 0. The maximum atomic E-state index is 12.3. The topological polar surface area (TPSA) is 54.4 Å². The molecule has 0 aliphatic heterocycles. The van der Waals surface area contributed by atoms with Crippen LogP contribution in [0.3, 0.4) is 0 Å². The standard InChI is InChI=1S/C14H8Cl2O3/c15-11-6-9(10(14(18)19)7-12(11)16)13(17)8-4-2-1-3-5-8/h1-7H,(H,18,19). The molecule has 0 aliphatic carbocycles. The fourth-order valence-electron chi connectivity index (χ4n) is 1.66. The number of carbonyl (C=O) groups excluding carboxylic acids is 1. The number of hydrogen-bond donors (Lipinski definition) is 1. The van der Waals surface area contributed by atoms with Crippen molar-refractivity contribution in [1.29, 1.82) is 0 Å². The summed E-state index contributed by atoms with van der Waals surface area (Å²) in [5, 5.41) is 9.37. The molecule has 19 heavy (non-hydrogen) atoms. The Labute approximate surface area is 119 Å². The van der Waals surface area contributed by atoms with E-state index in [1.54, 1.807) is 30.3 Å². The van der Waals surface area contributed by atoms with Crippen molar-refractivity contribution in [3.05, 3.63) is 69.2 Å². The third kappa shape index (κ3) is 2.78. The van der Waals surface area contributed by atoms with Crippen LogP contribution in [-0.2, 0) is 0 Å². The molecule has 0 saturated heterocycles. The first-order chi connectivity index (χ1) is 9.00. The maximum Gasteiger partial charge on any atom is 0.336 e. The summed E-state index contributed by atoms with van der Waals surface area (Å²) in [7, 11) is 0. The highest BCUT2D eigenvalue weighted by atomic mass is 35.5. The molecule has 2 aromatic rings. The molecule has 2 rings (SSSR count). The first-order valence-electron chi connectivity index (χ1n) is 5.33. The molecule has 0 unspecified atom stereocenters. The number of benzene rings is 2. The molecule has 96 valence electrons. The van der Waals surface area contributed by atoms with Gasteiger partial charge in [-0.25, -0.2) is 4.79 Å². The summed E-state index contributed by atoms with van der Waals surface area (Å²) >= 11 is 11.6. The quantitative estimate of drug-likeness (QED) is 0.873. The predicted octanol–water partition coefficient (Wildman–Crippen LogP) is 3.92. The summed E-state index contributed by atoms with van der Waals surface area (Å²) in [4.78, 5) is 23.4. The van der Waals surface area contributed by atoms with Gasteiger partial charge in [-0.1, -0.05) is 53.5 Å². The van der Waals surface area contributed by atoms with Crippen molar-refractivity contribution < 1.29 is 14.7 Å². The van der Waals surface area contributed by atoms with E-state index in [0.717, 1.165) is 0 Å². The van der Waals surface area contributed by atoms with Crippen molar-refractivity contribution in [2.24, 2.45) is 0 Å². The summed E-state index contributed by atoms with van der Waals surface area (Å²) in [6, 6.07) is 10.8. The van der Waals surface area contributed by atoms with Crippen LogP contribution in [0.25, 0.3) is 0 Å². The van der Waals surface area contributed by atoms with Gasteiger partial charge in [0.1, 0.15) is 0 Å². The SMILES string of the molecule is O=C(O)c1cc(Cl)c(Cl)cc1C(=O)c1ccccc1. The number of aromatic carboxylic acids is 1. The molecule has 0 saturated carbocycles. The molecule has 5 heteroatoms. The second-order valence-electron chi connectivity index (χ2n) is 3.81. The largest absolute Gasteiger partial charge is 0.478 e. The van der Waals surface area contributed by atoms with Gasteiger partial charge in [-0.05, 0) is 12.1 Å². The van der Waals surface area contributed by atoms with Gasteiger partial charge < -0.3 is 5.11 Å². The van der Waals surface area contributed by atoms with Crippen LogP contribution in [0.2, 0.25) is 10.0 Å². The average molecular weight is 295 g/mol. The molecule has 0 aliphatic rings. The first kappa shape index (κ1) is 13.6. The molecule has 0 radical (unpaired) electrons. The zero-order valence-corrected chi connectivity index (χ0v) is 11.1. The van der Waals surface area contributed by atoms with Crippen LogP contribution in [0.4, 0.5) is 0 Å². The Morgan fingerprint density at radius 2 is 1.42 bits per heavy atom. The normalized spacial score (nSPS) is 10.2. The smallest absolute Gasteiger partial charge is 0.336 e. The Balaban J connectivity index is 2.59. The summed E-state index contributed by atoms with van der Waals surface area (Å²) in [5.41, 5.74) is 0.250. The van der Waals surface area contributed by atoms with Crippen LogP contribution in [0, 0.1) is 0 Å². The minimum Gasteiger partial charge on any atom is -0.478 e. The highest BCUT2D eigenvalue weighted by Gasteiger charge is 2.20. The number of halogens is 2. The van der Waals surface area contributed by atoms with Crippen molar-refractivity contribution in [3.63, 3.8) is 0 Å². The third-order valence-electron chi connectivity index (χ3n) is 2.57. The van der Waals surface area contributed by atoms with Crippen molar-refractivity contribution in [2.75, 3.05) is 0 Å². The van der Waals surface area contributed by atoms with Crippen LogP contribution in [0.1, 0.15) is 26.3 Å². The lowest BCUT2D eigenvalue weighted by atomic mass is 9.98. The molecule has 0 spiro atoms. The van der Waals surface area contributed by atoms with E-state index < -0.39 is 11.8 Å². The highest BCUT2D eigenvalue weighted by Crippen LogP contribution is 2.27. The predicted molar refractivity (Wildman–Crippen MR) is 73.3 cm³/mol. The number of carbonyl (C=O) groups is 2. The van der Waals surface area contributed by atoms with Gasteiger partial charge in [0.2, 0.25) is 0 Å². The third-order valence-corrected chi connectivity index (χ3v) is 3.29. The monoisotopic (exact) mass is 294 g/mol. The van der Waals surface area contributed by atoms with Gasteiger partial charge in [-0.2, -0.15) is 0 Å². The molecular weight excluding hydrogens is 287 g/mol. The van der Waals surface area contributed by atoms with Crippen LogP contribution in [0.15, 0.2) is 42.5 Å². The average Bonchev–Trinajstić information content (AvgIpc) is 2.41. The Bertz CT molecular complexity index is 651. The van der Waals surface area contributed by atoms with E-state index in [-0.39, 0.29) is 21.2 Å². The molecule has 1 N–H and O–H groups in total. The summed E-state index contributed by atoms with van der Waals surface area (Å²) in [5.74, 6) is -1.63. The lowest BCUT2D eigenvalue weighted by molar-refractivity contribution is 0.0693. The zero-order chi connectivity index (χ0) is 14.0. The molecule has 0 fully saturated rings. The highest BCUT2D eigenvalue weighted by molar-refractivity contribution is 6.42. The molecule has 2 aromatic carbocycles. The molecule has 0 heterocycles. The van der Waals surface area contributed by atoms with Gasteiger partial charge in [-0.15, -0.1) is 0 Å². The van der Waals surface area contributed by atoms with E-state index in [1.807, 2.05) is 0 Å². The number of ketones is 1. The first-order valence-corrected chi connectivity index (χ1v) is 6.08. The van der Waals surface area contributed by atoms with Gasteiger partial charge in [-0.3, -0.25) is 4.79 Å². The van der Waals surface area contributed by atoms with Crippen molar-refractivity contribution >= 4 is 35.0 Å². The van der Waals surface area contributed by atoms with E-state index in [4.69, 9.17) is 28.3 Å². The number of rotatable bonds is 3. The fraction of sp³-hybridized carbons (Fsp3) is 0. The van der Waals surface area contributed by atoms with Gasteiger partial charge in [0.15, 0.2) is 5.78 Å². The van der Waals surface area contributed by atoms with E-state index in [9.17, 15) is 9.59 Å². The molecular formula is C14H8Cl2O3. The van der Waals surface area contributed by atoms with Gasteiger partial charge in [0, 0.05) is 11.1 Å². The minimum absolute atomic E-state index is 0.0214. The lowest BCUT2D eigenvalue weighted by Crippen LogP contribution is -2.10.